The Morgan fingerprint density at radius 2 is 1.73 bits per heavy atom. The summed E-state index contributed by atoms with van der Waals surface area (Å²) in [5.41, 5.74) is 3.81. The third kappa shape index (κ3) is 5.40. The minimum absolute atomic E-state index is 0.0247. The number of nitriles is 1. The van der Waals surface area contributed by atoms with Crippen molar-refractivity contribution < 1.29 is 4.79 Å². The van der Waals surface area contributed by atoms with Crippen LogP contribution in [-0.2, 0) is 4.79 Å². The van der Waals surface area contributed by atoms with E-state index in [1.54, 1.807) is 0 Å². The average molecular weight is 404 g/mol. The first-order valence-corrected chi connectivity index (χ1v) is 10.3. The maximum absolute atomic E-state index is 12.6. The molecule has 1 heterocycles. The van der Waals surface area contributed by atoms with Crippen molar-refractivity contribution in [2.45, 2.75) is 19.8 Å². The molecular weight excluding hydrogens is 374 g/mol. The Balaban J connectivity index is 1.64. The first-order valence-electron chi connectivity index (χ1n) is 10.3. The molecule has 0 unspecified atom stereocenters. The molecule has 0 bridgehead atoms. The molecule has 1 amide bonds. The summed E-state index contributed by atoms with van der Waals surface area (Å²) in [4.78, 5) is 17.3. The number of anilines is 3. The maximum Gasteiger partial charge on any atom is 0.267 e. The molecule has 0 saturated carbocycles. The van der Waals surface area contributed by atoms with Crippen LogP contribution >= 0.6 is 0 Å². The van der Waals surface area contributed by atoms with Crippen LogP contribution in [-0.4, -0.2) is 44.0 Å². The lowest BCUT2D eigenvalue weighted by Crippen LogP contribution is -2.44. The Bertz CT molecular complexity index is 935. The van der Waals surface area contributed by atoms with Gasteiger partial charge in [0.25, 0.3) is 5.91 Å². The quantitative estimate of drug-likeness (QED) is 0.563. The third-order valence-electron chi connectivity index (χ3n) is 5.31. The number of likely N-dealkylation sites (N-methyl/N-ethyl adjacent to an activating group) is 1. The molecule has 2 N–H and O–H groups in total. The second-order valence-electron chi connectivity index (χ2n) is 7.85. The van der Waals surface area contributed by atoms with Crippen molar-refractivity contribution in [2.24, 2.45) is 0 Å². The van der Waals surface area contributed by atoms with Crippen LogP contribution in [0.5, 0.6) is 0 Å². The van der Waals surface area contributed by atoms with E-state index in [4.69, 9.17) is 0 Å². The fraction of sp³-hybridized carbons (Fsp3) is 0.333. The highest BCUT2D eigenvalue weighted by atomic mass is 16.1. The van der Waals surface area contributed by atoms with Gasteiger partial charge in [0, 0.05) is 49.4 Å². The summed E-state index contributed by atoms with van der Waals surface area (Å²) in [7, 11) is 2.14. The van der Waals surface area contributed by atoms with Crippen LogP contribution in [0.25, 0.3) is 0 Å². The van der Waals surface area contributed by atoms with E-state index in [2.05, 4.69) is 53.5 Å². The van der Waals surface area contributed by atoms with Gasteiger partial charge in [-0.2, -0.15) is 5.26 Å². The largest absolute Gasteiger partial charge is 0.369 e. The second kappa shape index (κ2) is 9.95. The standard InChI is InChI=1S/C24H29N5O/c1-18(2)22-6-4-5-7-23(22)27-24(30)19(16-25)17-26-20-8-10-21(11-9-20)29-14-12-28(3)13-15-29/h4-11,17-18,26H,12-15H2,1-3H3,(H,27,30)/b19-17-. The fourth-order valence-corrected chi connectivity index (χ4v) is 3.44. The monoisotopic (exact) mass is 403 g/mol. The molecule has 1 saturated heterocycles. The van der Waals surface area contributed by atoms with Crippen LogP contribution in [0.4, 0.5) is 17.1 Å². The number of rotatable bonds is 6. The number of nitrogens with zero attached hydrogens (tertiary/aromatic N) is 3. The maximum atomic E-state index is 12.6. The van der Waals surface area contributed by atoms with Crippen LogP contribution in [0.1, 0.15) is 25.3 Å². The van der Waals surface area contributed by atoms with Gasteiger partial charge in [0.05, 0.1) is 0 Å². The van der Waals surface area contributed by atoms with Crippen molar-refractivity contribution >= 4 is 23.0 Å². The minimum atomic E-state index is -0.424. The van der Waals surface area contributed by atoms with Crippen LogP contribution in [0, 0.1) is 11.3 Å². The lowest BCUT2D eigenvalue weighted by atomic mass is 10.0. The zero-order chi connectivity index (χ0) is 21.5. The number of benzene rings is 2. The molecule has 6 nitrogen and oxygen atoms in total. The van der Waals surface area contributed by atoms with Crippen molar-refractivity contribution in [1.82, 2.24) is 4.90 Å². The summed E-state index contributed by atoms with van der Waals surface area (Å²) in [5.74, 6) is -0.153. The van der Waals surface area contributed by atoms with Crippen molar-refractivity contribution in [1.29, 1.82) is 5.26 Å². The Hall–Kier alpha value is -3.30. The Morgan fingerprint density at radius 1 is 1.07 bits per heavy atom. The van der Waals surface area contributed by atoms with E-state index in [0.717, 1.165) is 43.1 Å². The number of amides is 1. The van der Waals surface area contributed by atoms with E-state index in [1.165, 1.54) is 11.9 Å². The van der Waals surface area contributed by atoms with Gasteiger partial charge in [-0.05, 0) is 48.9 Å². The fourth-order valence-electron chi connectivity index (χ4n) is 3.44. The van der Waals surface area contributed by atoms with Crippen molar-refractivity contribution in [3.63, 3.8) is 0 Å². The Labute approximate surface area is 178 Å². The molecule has 0 aliphatic carbocycles. The lowest BCUT2D eigenvalue weighted by Gasteiger charge is -2.34. The number of piperazine rings is 1. The van der Waals surface area contributed by atoms with E-state index < -0.39 is 5.91 Å². The molecule has 0 spiro atoms. The lowest BCUT2D eigenvalue weighted by molar-refractivity contribution is -0.112. The number of hydrogen-bond donors (Lipinski definition) is 2. The average Bonchev–Trinajstić information content (AvgIpc) is 2.75. The highest BCUT2D eigenvalue weighted by Gasteiger charge is 2.15. The minimum Gasteiger partial charge on any atom is -0.369 e. The number of carbonyl (C=O) groups is 1. The molecule has 3 rings (SSSR count). The normalized spacial score (nSPS) is 15.0. The van der Waals surface area contributed by atoms with Crippen molar-refractivity contribution in [3.05, 3.63) is 65.9 Å². The van der Waals surface area contributed by atoms with Crippen LogP contribution < -0.4 is 15.5 Å². The zero-order valence-electron chi connectivity index (χ0n) is 17.9. The molecular formula is C24H29N5O. The van der Waals surface area contributed by atoms with Gasteiger partial charge in [-0.3, -0.25) is 4.79 Å². The molecule has 1 aliphatic heterocycles. The molecule has 1 aliphatic rings. The van der Waals surface area contributed by atoms with E-state index in [1.807, 2.05) is 42.5 Å². The highest BCUT2D eigenvalue weighted by molar-refractivity contribution is 6.07. The molecule has 0 radical (unpaired) electrons. The van der Waals surface area contributed by atoms with E-state index >= 15 is 0 Å². The number of nitrogens with one attached hydrogen (secondary N) is 2. The van der Waals surface area contributed by atoms with Gasteiger partial charge in [0.15, 0.2) is 0 Å². The van der Waals surface area contributed by atoms with E-state index in [0.29, 0.717) is 0 Å². The summed E-state index contributed by atoms with van der Waals surface area (Å²) in [6.45, 7) is 8.28. The zero-order valence-corrected chi connectivity index (χ0v) is 17.9. The molecule has 1 fully saturated rings. The smallest absolute Gasteiger partial charge is 0.267 e. The molecule has 2 aromatic carbocycles. The molecule has 0 aromatic heterocycles. The first-order chi connectivity index (χ1) is 14.5. The molecule has 156 valence electrons. The number of carbonyl (C=O) groups excluding carboxylic acids is 1. The van der Waals surface area contributed by atoms with Crippen LogP contribution in [0.3, 0.4) is 0 Å². The summed E-state index contributed by atoms with van der Waals surface area (Å²) >= 11 is 0. The molecule has 0 atom stereocenters. The summed E-state index contributed by atoms with van der Waals surface area (Å²) in [6.07, 6.45) is 1.46. The molecule has 30 heavy (non-hydrogen) atoms. The first kappa shape index (κ1) is 21.4. The SMILES string of the molecule is CC(C)c1ccccc1NC(=O)/C(C#N)=C\Nc1ccc(N2CCN(C)CC2)cc1. The predicted octanol–water partition coefficient (Wildman–Crippen LogP) is 4.02. The number of para-hydroxylation sites is 1. The van der Waals surface area contributed by atoms with E-state index in [-0.39, 0.29) is 11.5 Å². The topological polar surface area (TPSA) is 71.4 Å². The van der Waals surface area contributed by atoms with Gasteiger partial charge in [-0.1, -0.05) is 32.0 Å². The molecule has 2 aromatic rings. The van der Waals surface area contributed by atoms with Crippen molar-refractivity contribution in [2.75, 3.05) is 48.8 Å². The van der Waals surface area contributed by atoms with Gasteiger partial charge in [-0.15, -0.1) is 0 Å². The van der Waals surface area contributed by atoms with Crippen molar-refractivity contribution in [3.8, 4) is 6.07 Å². The summed E-state index contributed by atoms with van der Waals surface area (Å²) < 4.78 is 0. The van der Waals surface area contributed by atoms with Gasteiger partial charge < -0.3 is 20.4 Å². The second-order valence-corrected chi connectivity index (χ2v) is 7.85. The highest BCUT2D eigenvalue weighted by Crippen LogP contribution is 2.24. The predicted molar refractivity (Wildman–Crippen MR) is 123 cm³/mol. The van der Waals surface area contributed by atoms with E-state index in [9.17, 15) is 10.1 Å². The van der Waals surface area contributed by atoms with Crippen LogP contribution in [0.15, 0.2) is 60.3 Å². The van der Waals surface area contributed by atoms with Gasteiger partial charge >= 0.3 is 0 Å². The van der Waals surface area contributed by atoms with Gasteiger partial charge in [0.2, 0.25) is 0 Å². The summed E-state index contributed by atoms with van der Waals surface area (Å²) in [6, 6.07) is 17.7. The third-order valence-corrected chi connectivity index (χ3v) is 5.31. The number of hydrogen-bond acceptors (Lipinski definition) is 5. The van der Waals surface area contributed by atoms with Gasteiger partial charge in [-0.25, -0.2) is 0 Å². The molecule has 6 heteroatoms. The summed E-state index contributed by atoms with van der Waals surface area (Å²) in [5, 5.41) is 15.4. The van der Waals surface area contributed by atoms with Crippen LogP contribution in [0.2, 0.25) is 0 Å². The van der Waals surface area contributed by atoms with Gasteiger partial charge in [0.1, 0.15) is 11.6 Å². The Kier molecular flexibility index (Phi) is 7.10. The Morgan fingerprint density at radius 3 is 2.37 bits per heavy atom.